The van der Waals surface area contributed by atoms with E-state index >= 15 is 0 Å². The average molecular weight is 385 g/mol. The summed E-state index contributed by atoms with van der Waals surface area (Å²) in [6.45, 7) is 0. The summed E-state index contributed by atoms with van der Waals surface area (Å²) in [5.74, 6) is 0.282. The number of sulfone groups is 1. The highest BCUT2D eigenvalue weighted by atomic mass is 35.5. The molecule has 124 valence electrons. The molecule has 0 radical (unpaired) electrons. The van der Waals surface area contributed by atoms with Crippen molar-refractivity contribution in [2.24, 2.45) is 0 Å². The van der Waals surface area contributed by atoms with E-state index in [4.69, 9.17) is 28.9 Å². The van der Waals surface area contributed by atoms with Gasteiger partial charge in [-0.1, -0.05) is 23.2 Å². The van der Waals surface area contributed by atoms with E-state index < -0.39 is 9.84 Å². The number of halogens is 2. The number of nitrogen functional groups attached to an aromatic ring is 1. The number of rotatable bonds is 3. The summed E-state index contributed by atoms with van der Waals surface area (Å²) in [6, 6.07) is 3.13. The minimum absolute atomic E-state index is 0.247. The van der Waals surface area contributed by atoms with Crippen LogP contribution in [0.5, 0.6) is 0 Å². The lowest BCUT2D eigenvalue weighted by atomic mass is 10.2. The molecule has 2 heterocycles. The van der Waals surface area contributed by atoms with Crippen LogP contribution in [0.1, 0.15) is 0 Å². The fourth-order valence-corrected chi connectivity index (χ4v) is 2.89. The predicted octanol–water partition coefficient (Wildman–Crippen LogP) is 2.46. The second-order valence-electron chi connectivity index (χ2n) is 4.86. The molecule has 2 aromatic heterocycles. The highest BCUT2D eigenvalue weighted by Crippen LogP contribution is 2.32. The summed E-state index contributed by atoms with van der Waals surface area (Å²) in [4.78, 5) is 15.9. The van der Waals surface area contributed by atoms with E-state index in [2.05, 4.69) is 25.3 Å². The molecular formula is C13H10Cl2N6O2S. The van der Waals surface area contributed by atoms with Crippen molar-refractivity contribution in [3.63, 3.8) is 0 Å². The third-order valence-electron chi connectivity index (χ3n) is 3.03. The fourth-order valence-electron chi connectivity index (χ4n) is 1.90. The van der Waals surface area contributed by atoms with Crippen LogP contribution in [-0.2, 0) is 9.84 Å². The Morgan fingerprint density at radius 1 is 1.12 bits per heavy atom. The Labute approximate surface area is 147 Å². The lowest BCUT2D eigenvalue weighted by molar-refractivity contribution is 0.593. The number of aromatic nitrogens is 4. The minimum atomic E-state index is -3.57. The Balaban J connectivity index is 2.12. The molecule has 24 heavy (non-hydrogen) atoms. The van der Waals surface area contributed by atoms with Crippen LogP contribution in [0, 0.1) is 0 Å². The van der Waals surface area contributed by atoms with E-state index in [9.17, 15) is 8.42 Å². The van der Waals surface area contributed by atoms with E-state index in [1.54, 1.807) is 12.1 Å². The smallest absolute Gasteiger partial charge is 0.247 e. The van der Waals surface area contributed by atoms with Crippen LogP contribution < -0.4 is 11.1 Å². The van der Waals surface area contributed by atoms with Crippen LogP contribution in [0.2, 0.25) is 10.0 Å². The quantitative estimate of drug-likeness (QED) is 0.521. The van der Waals surface area contributed by atoms with Crippen molar-refractivity contribution in [2.75, 3.05) is 17.3 Å². The van der Waals surface area contributed by atoms with E-state index in [1.165, 1.54) is 12.5 Å². The Hall–Kier alpha value is -2.23. The lowest BCUT2D eigenvalue weighted by Crippen LogP contribution is -2.06. The molecule has 0 spiro atoms. The van der Waals surface area contributed by atoms with Crippen molar-refractivity contribution in [1.82, 2.24) is 19.9 Å². The van der Waals surface area contributed by atoms with Gasteiger partial charge < -0.3 is 11.1 Å². The molecule has 0 atom stereocenters. The Kier molecular flexibility index (Phi) is 4.16. The van der Waals surface area contributed by atoms with Gasteiger partial charge in [0.2, 0.25) is 15.0 Å². The Morgan fingerprint density at radius 2 is 1.79 bits per heavy atom. The summed E-state index contributed by atoms with van der Waals surface area (Å²) in [5, 5.41) is 3.20. The second kappa shape index (κ2) is 6.00. The molecule has 0 aliphatic heterocycles. The molecule has 0 unspecified atom stereocenters. The molecule has 1 aromatic carbocycles. The fraction of sp³-hybridized carbons (Fsp3) is 0.0769. The SMILES string of the molecule is CS(=O)(=O)c1ncc2ncnc(Nc3cc(Cl)c(N)c(Cl)c3)c2n1. The van der Waals surface area contributed by atoms with Gasteiger partial charge in [0.1, 0.15) is 17.4 Å². The summed E-state index contributed by atoms with van der Waals surface area (Å²) in [5.41, 5.74) is 7.10. The van der Waals surface area contributed by atoms with Gasteiger partial charge in [-0.15, -0.1) is 0 Å². The van der Waals surface area contributed by atoms with Gasteiger partial charge in [-0.3, -0.25) is 0 Å². The zero-order valence-corrected chi connectivity index (χ0v) is 14.5. The first-order valence-electron chi connectivity index (χ1n) is 6.45. The van der Waals surface area contributed by atoms with Gasteiger partial charge in [-0.25, -0.2) is 28.4 Å². The van der Waals surface area contributed by atoms with Crippen molar-refractivity contribution in [3.8, 4) is 0 Å². The van der Waals surface area contributed by atoms with Crippen molar-refractivity contribution in [2.45, 2.75) is 5.16 Å². The minimum Gasteiger partial charge on any atom is -0.396 e. The highest BCUT2D eigenvalue weighted by molar-refractivity contribution is 7.90. The molecule has 0 amide bonds. The number of nitrogens with one attached hydrogen (secondary N) is 1. The van der Waals surface area contributed by atoms with Gasteiger partial charge in [0.25, 0.3) is 0 Å². The number of benzene rings is 1. The predicted molar refractivity (Wildman–Crippen MR) is 92.4 cm³/mol. The molecule has 0 fully saturated rings. The van der Waals surface area contributed by atoms with Gasteiger partial charge in [0.05, 0.1) is 21.9 Å². The van der Waals surface area contributed by atoms with Gasteiger partial charge in [-0.05, 0) is 12.1 Å². The summed E-state index contributed by atoms with van der Waals surface area (Å²) < 4.78 is 23.3. The average Bonchev–Trinajstić information content (AvgIpc) is 2.51. The van der Waals surface area contributed by atoms with Crippen molar-refractivity contribution in [3.05, 3.63) is 34.7 Å². The zero-order valence-electron chi connectivity index (χ0n) is 12.2. The Morgan fingerprint density at radius 3 is 2.42 bits per heavy atom. The molecular weight excluding hydrogens is 375 g/mol. The first-order valence-corrected chi connectivity index (χ1v) is 9.10. The maximum absolute atomic E-state index is 11.6. The summed E-state index contributed by atoms with van der Waals surface area (Å²) >= 11 is 12.0. The molecule has 0 aliphatic carbocycles. The molecule has 0 aliphatic rings. The largest absolute Gasteiger partial charge is 0.396 e. The van der Waals surface area contributed by atoms with Crippen LogP contribution in [0.15, 0.2) is 29.8 Å². The first-order chi connectivity index (χ1) is 11.3. The number of hydrogen-bond acceptors (Lipinski definition) is 8. The molecule has 3 aromatic rings. The van der Waals surface area contributed by atoms with E-state index in [1.807, 2.05) is 0 Å². The van der Waals surface area contributed by atoms with Crippen LogP contribution in [0.3, 0.4) is 0 Å². The van der Waals surface area contributed by atoms with Crippen LogP contribution >= 0.6 is 23.2 Å². The summed E-state index contributed by atoms with van der Waals surface area (Å²) in [6.07, 6.45) is 3.63. The molecule has 11 heteroatoms. The van der Waals surface area contributed by atoms with Gasteiger partial charge in [0, 0.05) is 11.9 Å². The Bertz CT molecular complexity index is 1030. The standard InChI is InChI=1S/C13H10Cl2N6O2S/c1-24(22,23)13-17-4-9-11(21-13)12(19-5-18-9)20-6-2-7(14)10(16)8(15)3-6/h2-5H,16H2,1H3,(H,18,19,20). The van der Waals surface area contributed by atoms with Crippen LogP contribution in [0.25, 0.3) is 11.0 Å². The second-order valence-corrected chi connectivity index (χ2v) is 7.58. The van der Waals surface area contributed by atoms with Crippen molar-refractivity contribution < 1.29 is 8.42 Å². The molecule has 0 saturated carbocycles. The topological polar surface area (TPSA) is 124 Å². The van der Waals surface area contributed by atoms with Gasteiger partial charge in [-0.2, -0.15) is 0 Å². The normalized spacial score (nSPS) is 11.6. The number of fused-ring (bicyclic) bond motifs is 1. The molecule has 0 saturated heterocycles. The maximum atomic E-state index is 11.6. The number of hydrogen-bond donors (Lipinski definition) is 2. The third-order valence-corrected chi connectivity index (χ3v) is 4.51. The summed E-state index contributed by atoms with van der Waals surface area (Å²) in [7, 11) is -3.57. The number of nitrogens with two attached hydrogens (primary N) is 1. The van der Waals surface area contributed by atoms with Crippen molar-refractivity contribution >= 4 is 61.3 Å². The monoisotopic (exact) mass is 384 g/mol. The van der Waals surface area contributed by atoms with Gasteiger partial charge >= 0.3 is 0 Å². The highest BCUT2D eigenvalue weighted by Gasteiger charge is 2.15. The van der Waals surface area contributed by atoms with Gasteiger partial charge in [0.15, 0.2) is 5.82 Å². The number of anilines is 3. The molecule has 8 nitrogen and oxygen atoms in total. The third kappa shape index (κ3) is 3.18. The molecule has 0 bridgehead atoms. The maximum Gasteiger partial charge on any atom is 0.247 e. The number of nitrogens with zero attached hydrogens (tertiary/aromatic N) is 4. The van der Waals surface area contributed by atoms with Crippen molar-refractivity contribution in [1.29, 1.82) is 0 Å². The molecule has 3 rings (SSSR count). The van der Waals surface area contributed by atoms with E-state index in [0.29, 0.717) is 11.2 Å². The van der Waals surface area contributed by atoms with Crippen LogP contribution in [-0.4, -0.2) is 34.6 Å². The van der Waals surface area contributed by atoms with E-state index in [-0.39, 0.29) is 32.2 Å². The molecule has 3 N–H and O–H groups in total. The lowest BCUT2D eigenvalue weighted by Gasteiger charge is -2.10. The zero-order chi connectivity index (χ0) is 17.5. The van der Waals surface area contributed by atoms with Crippen LogP contribution in [0.4, 0.5) is 17.2 Å². The first kappa shape index (κ1) is 16.6. The van der Waals surface area contributed by atoms with E-state index in [0.717, 1.165) is 6.26 Å².